The molecule has 0 saturated carbocycles. The molecule has 1 aromatic carbocycles. The molecule has 1 aliphatic heterocycles. The summed E-state index contributed by atoms with van der Waals surface area (Å²) in [5.74, 6) is 0.106. The third kappa shape index (κ3) is 2.70. The molecule has 0 aromatic heterocycles. The lowest BCUT2D eigenvalue weighted by Crippen LogP contribution is -2.29. The molecule has 15 heavy (non-hydrogen) atoms. The van der Waals surface area contributed by atoms with E-state index in [0.717, 1.165) is 5.56 Å². The Labute approximate surface area is 93.6 Å². The van der Waals surface area contributed by atoms with Crippen molar-refractivity contribution in [2.45, 2.75) is 6.42 Å². The van der Waals surface area contributed by atoms with Gasteiger partial charge in [-0.05, 0) is 17.7 Å². The van der Waals surface area contributed by atoms with Crippen LogP contribution < -0.4 is 0 Å². The Morgan fingerprint density at radius 3 is 2.73 bits per heavy atom. The maximum absolute atomic E-state index is 11.7. The summed E-state index contributed by atoms with van der Waals surface area (Å²) in [7, 11) is 0. The predicted molar refractivity (Wildman–Crippen MR) is 57.7 cm³/mol. The van der Waals surface area contributed by atoms with Gasteiger partial charge in [0.1, 0.15) is 6.73 Å². The third-order valence-electron chi connectivity index (χ3n) is 2.37. The topological polar surface area (TPSA) is 29.5 Å². The largest absolute Gasteiger partial charge is 0.359 e. The van der Waals surface area contributed by atoms with Crippen LogP contribution in [-0.4, -0.2) is 30.7 Å². The highest BCUT2D eigenvalue weighted by atomic mass is 35.5. The zero-order valence-corrected chi connectivity index (χ0v) is 9.04. The molecular formula is C11H12ClNO2. The van der Waals surface area contributed by atoms with E-state index in [1.54, 1.807) is 17.0 Å². The lowest BCUT2D eigenvalue weighted by molar-refractivity contribution is -0.130. The molecule has 1 heterocycles. The maximum atomic E-state index is 11.7. The highest BCUT2D eigenvalue weighted by Gasteiger charge is 2.18. The first-order valence-corrected chi connectivity index (χ1v) is 5.23. The van der Waals surface area contributed by atoms with Gasteiger partial charge in [0.05, 0.1) is 13.0 Å². The summed E-state index contributed by atoms with van der Waals surface area (Å²) in [4.78, 5) is 13.4. The molecule has 1 saturated heterocycles. The smallest absolute Gasteiger partial charge is 0.228 e. The van der Waals surface area contributed by atoms with E-state index in [4.69, 9.17) is 16.3 Å². The molecule has 0 N–H and O–H groups in total. The average molecular weight is 226 g/mol. The highest BCUT2D eigenvalue weighted by Crippen LogP contribution is 2.11. The van der Waals surface area contributed by atoms with E-state index in [1.165, 1.54) is 0 Å². The van der Waals surface area contributed by atoms with Gasteiger partial charge in [-0.2, -0.15) is 0 Å². The number of hydrogen-bond acceptors (Lipinski definition) is 2. The molecule has 3 nitrogen and oxygen atoms in total. The Balaban J connectivity index is 1.96. The number of hydrogen-bond donors (Lipinski definition) is 0. The van der Waals surface area contributed by atoms with Crippen molar-refractivity contribution in [2.75, 3.05) is 19.9 Å². The highest BCUT2D eigenvalue weighted by molar-refractivity contribution is 6.30. The quantitative estimate of drug-likeness (QED) is 0.767. The summed E-state index contributed by atoms with van der Waals surface area (Å²) >= 11 is 5.76. The number of carbonyl (C=O) groups excluding carboxylic acids is 1. The average Bonchev–Trinajstić information content (AvgIpc) is 2.74. The van der Waals surface area contributed by atoms with Crippen LogP contribution in [0.2, 0.25) is 5.02 Å². The molecule has 4 heteroatoms. The SMILES string of the molecule is O=C(Cc1ccc(Cl)cc1)N1CCOC1. The van der Waals surface area contributed by atoms with E-state index >= 15 is 0 Å². The van der Waals surface area contributed by atoms with E-state index in [-0.39, 0.29) is 5.91 Å². The van der Waals surface area contributed by atoms with Crippen molar-refractivity contribution in [2.24, 2.45) is 0 Å². The van der Waals surface area contributed by atoms with Crippen LogP contribution in [0.4, 0.5) is 0 Å². The molecule has 2 rings (SSSR count). The lowest BCUT2D eigenvalue weighted by atomic mass is 10.1. The van der Waals surface area contributed by atoms with Gasteiger partial charge in [-0.15, -0.1) is 0 Å². The molecule has 1 aliphatic rings. The van der Waals surface area contributed by atoms with Crippen LogP contribution in [0, 0.1) is 0 Å². The van der Waals surface area contributed by atoms with Gasteiger partial charge < -0.3 is 9.64 Å². The van der Waals surface area contributed by atoms with Crippen molar-refractivity contribution in [1.29, 1.82) is 0 Å². The van der Waals surface area contributed by atoms with Crippen LogP contribution in [0.5, 0.6) is 0 Å². The van der Waals surface area contributed by atoms with Crippen molar-refractivity contribution < 1.29 is 9.53 Å². The van der Waals surface area contributed by atoms with Crippen LogP contribution >= 0.6 is 11.6 Å². The molecule has 1 amide bonds. The van der Waals surface area contributed by atoms with E-state index in [9.17, 15) is 4.79 Å². The Morgan fingerprint density at radius 2 is 2.13 bits per heavy atom. The molecule has 0 radical (unpaired) electrons. The summed E-state index contributed by atoms with van der Waals surface area (Å²) in [6.07, 6.45) is 0.417. The fourth-order valence-electron chi connectivity index (χ4n) is 1.50. The van der Waals surface area contributed by atoms with E-state index in [0.29, 0.717) is 31.3 Å². The summed E-state index contributed by atoms with van der Waals surface area (Å²) in [5, 5.41) is 0.690. The number of carbonyl (C=O) groups is 1. The summed E-state index contributed by atoms with van der Waals surface area (Å²) in [6.45, 7) is 1.77. The molecule has 1 fully saturated rings. The minimum absolute atomic E-state index is 0.106. The van der Waals surface area contributed by atoms with Crippen LogP contribution in [0.25, 0.3) is 0 Å². The van der Waals surface area contributed by atoms with Crippen LogP contribution in [0.1, 0.15) is 5.56 Å². The predicted octanol–water partition coefficient (Wildman–Crippen LogP) is 1.70. The van der Waals surface area contributed by atoms with Crippen molar-refractivity contribution >= 4 is 17.5 Å². The van der Waals surface area contributed by atoms with Crippen molar-refractivity contribution in [3.63, 3.8) is 0 Å². The standard InChI is InChI=1S/C11H12ClNO2/c12-10-3-1-9(2-4-10)7-11(14)13-5-6-15-8-13/h1-4H,5-8H2. The second-order valence-electron chi connectivity index (χ2n) is 3.50. The van der Waals surface area contributed by atoms with Crippen LogP contribution in [-0.2, 0) is 16.0 Å². The normalized spacial score (nSPS) is 15.7. The fraction of sp³-hybridized carbons (Fsp3) is 0.364. The lowest BCUT2D eigenvalue weighted by Gasteiger charge is -2.13. The molecule has 0 unspecified atom stereocenters. The minimum atomic E-state index is 0.106. The molecule has 80 valence electrons. The minimum Gasteiger partial charge on any atom is -0.359 e. The fourth-order valence-corrected chi connectivity index (χ4v) is 1.63. The third-order valence-corrected chi connectivity index (χ3v) is 2.63. The number of ether oxygens (including phenoxy) is 1. The first-order valence-electron chi connectivity index (χ1n) is 4.85. The number of nitrogens with zero attached hydrogens (tertiary/aromatic N) is 1. The Hall–Kier alpha value is -1.06. The van der Waals surface area contributed by atoms with Gasteiger partial charge in [-0.1, -0.05) is 23.7 Å². The zero-order chi connectivity index (χ0) is 10.7. The number of rotatable bonds is 2. The van der Waals surface area contributed by atoms with Crippen molar-refractivity contribution in [1.82, 2.24) is 4.90 Å². The summed E-state index contributed by atoms with van der Waals surface area (Å²) in [6, 6.07) is 7.34. The number of benzene rings is 1. The maximum Gasteiger partial charge on any atom is 0.228 e. The Bertz CT molecular complexity index is 344. The molecule has 0 spiro atoms. The molecule has 0 atom stereocenters. The zero-order valence-electron chi connectivity index (χ0n) is 8.28. The van der Waals surface area contributed by atoms with Gasteiger partial charge in [-0.3, -0.25) is 4.79 Å². The Kier molecular flexibility index (Phi) is 3.23. The van der Waals surface area contributed by atoms with Gasteiger partial charge in [0.2, 0.25) is 5.91 Å². The monoisotopic (exact) mass is 225 g/mol. The number of amides is 1. The molecular weight excluding hydrogens is 214 g/mol. The van der Waals surface area contributed by atoms with Gasteiger partial charge >= 0.3 is 0 Å². The van der Waals surface area contributed by atoms with Gasteiger partial charge in [0.25, 0.3) is 0 Å². The second kappa shape index (κ2) is 4.64. The second-order valence-corrected chi connectivity index (χ2v) is 3.93. The first-order chi connectivity index (χ1) is 7.25. The number of halogens is 1. The van der Waals surface area contributed by atoms with E-state index in [1.807, 2.05) is 12.1 Å². The van der Waals surface area contributed by atoms with Crippen LogP contribution in [0.3, 0.4) is 0 Å². The Morgan fingerprint density at radius 1 is 1.40 bits per heavy atom. The first kappa shape index (κ1) is 10.5. The van der Waals surface area contributed by atoms with Crippen LogP contribution in [0.15, 0.2) is 24.3 Å². The van der Waals surface area contributed by atoms with E-state index < -0.39 is 0 Å². The molecule has 0 bridgehead atoms. The van der Waals surface area contributed by atoms with Gasteiger partial charge in [-0.25, -0.2) is 0 Å². The summed E-state index contributed by atoms with van der Waals surface area (Å²) in [5.41, 5.74) is 0.983. The summed E-state index contributed by atoms with van der Waals surface area (Å²) < 4.78 is 5.12. The molecule has 1 aromatic rings. The van der Waals surface area contributed by atoms with E-state index in [2.05, 4.69) is 0 Å². The van der Waals surface area contributed by atoms with Crippen molar-refractivity contribution in [3.05, 3.63) is 34.9 Å². The van der Waals surface area contributed by atoms with Gasteiger partial charge in [0.15, 0.2) is 0 Å². The molecule has 0 aliphatic carbocycles. The van der Waals surface area contributed by atoms with Crippen molar-refractivity contribution in [3.8, 4) is 0 Å². The van der Waals surface area contributed by atoms with Gasteiger partial charge in [0, 0.05) is 11.6 Å².